The quantitative estimate of drug-likeness (QED) is 0.483. The van der Waals surface area contributed by atoms with E-state index in [1.807, 2.05) is 0 Å². The molecule has 0 spiro atoms. The van der Waals surface area contributed by atoms with Crippen LogP contribution in [0.1, 0.15) is 69.3 Å². The van der Waals surface area contributed by atoms with E-state index in [0.29, 0.717) is 22.5 Å². The zero-order chi connectivity index (χ0) is 28.4. The van der Waals surface area contributed by atoms with Gasteiger partial charge in [0.1, 0.15) is 17.3 Å². The lowest BCUT2D eigenvalue weighted by Gasteiger charge is -2.49. The Morgan fingerprint density at radius 1 is 1.02 bits per heavy atom. The average molecular weight is 544 g/mol. The molecule has 0 bridgehead atoms. The fourth-order valence-electron chi connectivity index (χ4n) is 6.32. The highest BCUT2D eigenvalue weighted by Gasteiger charge is 2.36. The zero-order valence-corrected chi connectivity index (χ0v) is 24.1. The van der Waals surface area contributed by atoms with Gasteiger partial charge in [0.15, 0.2) is 5.82 Å². The number of likely N-dealkylation sites (tertiary alicyclic amines) is 1. The first kappa shape index (κ1) is 28.2. The topological polar surface area (TPSA) is 102 Å². The second-order valence-electron chi connectivity index (χ2n) is 11.4. The van der Waals surface area contributed by atoms with E-state index in [1.54, 1.807) is 19.2 Å². The molecule has 1 N–H and O–H groups in total. The van der Waals surface area contributed by atoms with Crippen LogP contribution in [0.15, 0.2) is 41.2 Å². The molecule has 3 atom stereocenters. The molecule has 0 amide bonds. The number of aliphatic hydroxyl groups excluding tert-OH is 1. The van der Waals surface area contributed by atoms with E-state index in [4.69, 9.17) is 0 Å². The number of piperidine rings is 1. The highest BCUT2D eigenvalue weighted by molar-refractivity contribution is 5.86. The first-order valence-electron chi connectivity index (χ1n) is 14.6. The summed E-state index contributed by atoms with van der Waals surface area (Å²) in [6.07, 6.45) is 3.44. The maximum absolute atomic E-state index is 12.8. The maximum Gasteiger partial charge on any atom is 0.349 e. The summed E-state index contributed by atoms with van der Waals surface area (Å²) in [7, 11) is 1.70. The summed E-state index contributed by atoms with van der Waals surface area (Å²) in [4.78, 5) is 29.2. The monoisotopic (exact) mass is 543 g/mol. The van der Waals surface area contributed by atoms with Gasteiger partial charge in [-0.1, -0.05) is 38.1 Å². The largest absolute Gasteiger partial charge is 0.393 e. The first-order valence-corrected chi connectivity index (χ1v) is 14.6. The van der Waals surface area contributed by atoms with Crippen LogP contribution in [-0.2, 0) is 13.6 Å². The highest BCUT2D eigenvalue weighted by atomic mass is 16.3. The molecule has 0 aliphatic carbocycles. The number of piperazine rings is 1. The minimum Gasteiger partial charge on any atom is -0.393 e. The minimum atomic E-state index is -0.312. The number of nitrogens with zero attached hydrogens (tertiary/aromatic N) is 7. The standard InChI is InChI=1S/C31H41N7O2/c1-5-25-20-38(30-29-28(35(4)31(40)34-30)12-11-24(17-32)33-29)26(6-2)19-37(25)21(3)23-9-7-22(8-10-23)18-36-15-13-27(39)14-16-36/h7-12,21,25-27,39H,5-6,13-16,18-20H2,1-4H3/t21?,25-,26?/m1/s1. The Morgan fingerprint density at radius 3 is 2.38 bits per heavy atom. The van der Waals surface area contributed by atoms with Crippen molar-refractivity contribution in [1.82, 2.24) is 24.3 Å². The predicted molar refractivity (Wildman–Crippen MR) is 157 cm³/mol. The molecule has 40 heavy (non-hydrogen) atoms. The number of aliphatic hydroxyl groups is 1. The fourth-order valence-corrected chi connectivity index (χ4v) is 6.32. The Balaban J connectivity index is 1.38. The first-order chi connectivity index (χ1) is 19.3. The molecule has 2 fully saturated rings. The molecule has 0 saturated carbocycles. The summed E-state index contributed by atoms with van der Waals surface area (Å²) in [5.41, 5.74) is 3.92. The van der Waals surface area contributed by atoms with E-state index in [0.717, 1.165) is 58.4 Å². The van der Waals surface area contributed by atoms with Gasteiger partial charge in [-0.3, -0.25) is 14.4 Å². The van der Waals surface area contributed by atoms with Crippen molar-refractivity contribution in [2.24, 2.45) is 7.05 Å². The lowest BCUT2D eigenvalue weighted by Crippen LogP contribution is -2.59. The third kappa shape index (κ3) is 5.62. The Hall–Kier alpha value is -3.32. The molecule has 5 rings (SSSR count). The van der Waals surface area contributed by atoms with Gasteiger partial charge < -0.3 is 10.0 Å². The van der Waals surface area contributed by atoms with Gasteiger partial charge >= 0.3 is 5.69 Å². The smallest absolute Gasteiger partial charge is 0.349 e. The fraction of sp³-hybridized carbons (Fsp3) is 0.548. The molecular weight excluding hydrogens is 502 g/mol. The van der Waals surface area contributed by atoms with Crippen molar-refractivity contribution in [1.29, 1.82) is 5.26 Å². The van der Waals surface area contributed by atoms with Crippen molar-refractivity contribution < 1.29 is 5.11 Å². The van der Waals surface area contributed by atoms with E-state index in [2.05, 4.69) is 75.8 Å². The number of nitriles is 1. The molecule has 212 valence electrons. The average Bonchev–Trinajstić information content (AvgIpc) is 2.99. The van der Waals surface area contributed by atoms with Crippen LogP contribution in [0.3, 0.4) is 0 Å². The third-order valence-corrected chi connectivity index (χ3v) is 8.93. The van der Waals surface area contributed by atoms with Gasteiger partial charge in [0, 0.05) is 57.9 Å². The Bertz CT molecular complexity index is 1420. The molecule has 9 nitrogen and oxygen atoms in total. The summed E-state index contributed by atoms with van der Waals surface area (Å²) in [5.74, 6) is 0.586. The van der Waals surface area contributed by atoms with Gasteiger partial charge in [-0.25, -0.2) is 9.78 Å². The van der Waals surface area contributed by atoms with Gasteiger partial charge in [-0.05, 0) is 55.9 Å². The molecule has 2 saturated heterocycles. The van der Waals surface area contributed by atoms with Crippen molar-refractivity contribution in [2.75, 3.05) is 31.1 Å². The Labute approximate surface area is 236 Å². The summed E-state index contributed by atoms with van der Waals surface area (Å²) >= 11 is 0. The molecule has 2 unspecified atom stereocenters. The summed E-state index contributed by atoms with van der Waals surface area (Å²) in [5, 5.41) is 19.3. The molecule has 1 aromatic carbocycles. The van der Waals surface area contributed by atoms with Crippen molar-refractivity contribution in [3.8, 4) is 6.07 Å². The molecule has 2 aliphatic rings. The van der Waals surface area contributed by atoms with E-state index in [1.165, 1.54) is 15.7 Å². The van der Waals surface area contributed by atoms with E-state index in [-0.39, 0.29) is 29.9 Å². The van der Waals surface area contributed by atoms with Crippen LogP contribution in [0.2, 0.25) is 0 Å². The van der Waals surface area contributed by atoms with Crippen molar-refractivity contribution in [3.05, 3.63) is 63.7 Å². The zero-order valence-electron chi connectivity index (χ0n) is 24.1. The number of rotatable bonds is 7. The number of hydrogen-bond acceptors (Lipinski definition) is 8. The number of benzene rings is 1. The van der Waals surface area contributed by atoms with Crippen LogP contribution < -0.4 is 10.6 Å². The Kier molecular flexibility index (Phi) is 8.50. The summed E-state index contributed by atoms with van der Waals surface area (Å²) in [6.45, 7) is 11.1. The second-order valence-corrected chi connectivity index (χ2v) is 11.4. The lowest BCUT2D eigenvalue weighted by atomic mass is 9.96. The van der Waals surface area contributed by atoms with Crippen LogP contribution in [0, 0.1) is 11.3 Å². The van der Waals surface area contributed by atoms with Crippen molar-refractivity contribution in [2.45, 2.75) is 77.2 Å². The van der Waals surface area contributed by atoms with Gasteiger partial charge in [-0.2, -0.15) is 10.2 Å². The number of fused-ring (bicyclic) bond motifs is 1. The van der Waals surface area contributed by atoms with Crippen LogP contribution in [0.25, 0.3) is 11.0 Å². The van der Waals surface area contributed by atoms with Crippen molar-refractivity contribution in [3.63, 3.8) is 0 Å². The van der Waals surface area contributed by atoms with Gasteiger partial charge in [0.05, 0.1) is 11.6 Å². The van der Waals surface area contributed by atoms with E-state index in [9.17, 15) is 15.2 Å². The van der Waals surface area contributed by atoms with E-state index < -0.39 is 0 Å². The number of aromatic nitrogens is 3. The minimum absolute atomic E-state index is 0.147. The van der Waals surface area contributed by atoms with E-state index >= 15 is 0 Å². The summed E-state index contributed by atoms with van der Waals surface area (Å²) < 4.78 is 1.50. The van der Waals surface area contributed by atoms with Crippen LogP contribution in [-0.4, -0.2) is 73.8 Å². The number of pyridine rings is 1. The SMILES string of the molecule is CCC1CN(C(C)c2ccc(CN3CCC(O)CC3)cc2)[C@H](CC)CN1c1nc(=O)n(C)c2ccc(C#N)nc12. The molecule has 9 heteroatoms. The maximum atomic E-state index is 12.8. The lowest BCUT2D eigenvalue weighted by molar-refractivity contribution is 0.0792. The normalized spacial score (nSPS) is 21.9. The molecule has 3 aromatic rings. The van der Waals surface area contributed by atoms with Gasteiger partial charge in [0.25, 0.3) is 0 Å². The third-order valence-electron chi connectivity index (χ3n) is 8.93. The molecule has 4 heterocycles. The van der Waals surface area contributed by atoms with Crippen LogP contribution in [0.4, 0.5) is 5.82 Å². The Morgan fingerprint density at radius 2 is 1.73 bits per heavy atom. The van der Waals surface area contributed by atoms with Gasteiger partial charge in [0.2, 0.25) is 0 Å². The highest BCUT2D eigenvalue weighted by Crippen LogP contribution is 2.33. The van der Waals surface area contributed by atoms with Gasteiger partial charge in [-0.15, -0.1) is 0 Å². The number of anilines is 1. The number of aryl methyl sites for hydroxylation is 1. The summed E-state index contributed by atoms with van der Waals surface area (Å²) in [6, 6.07) is 15.3. The van der Waals surface area contributed by atoms with Crippen LogP contribution in [0.5, 0.6) is 0 Å². The molecule has 0 radical (unpaired) electrons. The van der Waals surface area contributed by atoms with Crippen LogP contribution >= 0.6 is 0 Å². The predicted octanol–water partition coefficient (Wildman–Crippen LogP) is 3.60. The number of hydrogen-bond donors (Lipinski definition) is 1. The second kappa shape index (κ2) is 12.0. The molecule has 2 aromatic heterocycles. The molecule has 2 aliphatic heterocycles. The van der Waals surface area contributed by atoms with Crippen molar-refractivity contribution >= 4 is 16.9 Å². The molecular formula is C31H41N7O2.